The van der Waals surface area contributed by atoms with Gasteiger partial charge in [0.15, 0.2) is 12.4 Å². The molecule has 0 amide bonds. The molecule has 1 aliphatic carbocycles. The fraction of sp³-hybridized carbons (Fsp3) is 0.773. The molecule has 1 saturated carbocycles. The number of rotatable bonds is 13. The molecule has 2 heteroatoms. The third-order valence-electron chi connectivity index (χ3n) is 5.24. The van der Waals surface area contributed by atoms with Crippen molar-refractivity contribution in [2.24, 2.45) is 0 Å². The maximum Gasteiger partial charge on any atom is 0.168 e. The smallest absolute Gasteiger partial charge is 0.168 e. The zero-order valence-electron chi connectivity index (χ0n) is 15.6. The van der Waals surface area contributed by atoms with Gasteiger partial charge >= 0.3 is 0 Å². The minimum atomic E-state index is 1.01. The highest BCUT2D eigenvalue weighted by Crippen LogP contribution is 2.28. The molecule has 24 heavy (non-hydrogen) atoms. The van der Waals surface area contributed by atoms with E-state index in [1.54, 1.807) is 0 Å². The van der Waals surface area contributed by atoms with Gasteiger partial charge in [-0.3, -0.25) is 0 Å². The lowest BCUT2D eigenvalue weighted by atomic mass is 10.0. The van der Waals surface area contributed by atoms with E-state index in [2.05, 4.69) is 46.9 Å². The van der Waals surface area contributed by atoms with Crippen LogP contribution in [-0.2, 0) is 6.54 Å². The Hall–Kier alpha value is -0.500. The molecule has 0 N–H and O–H groups in total. The predicted octanol–water partition coefficient (Wildman–Crippen LogP) is 6.55. The van der Waals surface area contributed by atoms with Crippen molar-refractivity contribution in [2.75, 3.05) is 5.75 Å². The van der Waals surface area contributed by atoms with E-state index in [4.69, 9.17) is 0 Å². The predicted molar refractivity (Wildman–Crippen MR) is 108 cm³/mol. The van der Waals surface area contributed by atoms with Crippen LogP contribution in [0.25, 0.3) is 0 Å². The van der Waals surface area contributed by atoms with Gasteiger partial charge in [0.2, 0.25) is 0 Å². The van der Waals surface area contributed by atoms with Crippen LogP contribution in [0.3, 0.4) is 0 Å². The highest BCUT2D eigenvalue weighted by Gasteiger charge is 2.12. The molecule has 1 aromatic heterocycles. The standard InChI is InChI=1S/C22H38NS/c1(2-4-6-12-18-23-19-13-9-14-20-23)3-5-7-15-21-24-22-16-10-8-11-17-22/h9,13-14,19-20,22H,1-8,10-12,15-18,21H2/q+1. The Balaban J connectivity index is 1.28. The molecular weight excluding hydrogens is 310 g/mol. The van der Waals surface area contributed by atoms with Gasteiger partial charge in [0.05, 0.1) is 0 Å². The van der Waals surface area contributed by atoms with Crippen LogP contribution in [0.15, 0.2) is 30.6 Å². The van der Waals surface area contributed by atoms with Crippen molar-refractivity contribution >= 4 is 11.8 Å². The van der Waals surface area contributed by atoms with Crippen molar-refractivity contribution in [2.45, 2.75) is 102 Å². The molecular formula is C22H38NS+. The first-order valence-electron chi connectivity index (χ1n) is 10.5. The minimum Gasteiger partial charge on any atom is -0.205 e. The van der Waals surface area contributed by atoms with E-state index in [-0.39, 0.29) is 0 Å². The van der Waals surface area contributed by atoms with Gasteiger partial charge in [-0.2, -0.15) is 11.8 Å². The van der Waals surface area contributed by atoms with Crippen LogP contribution in [0.4, 0.5) is 0 Å². The zero-order valence-corrected chi connectivity index (χ0v) is 16.4. The van der Waals surface area contributed by atoms with Crippen LogP contribution < -0.4 is 4.57 Å². The number of pyridine rings is 1. The van der Waals surface area contributed by atoms with E-state index < -0.39 is 0 Å². The fourth-order valence-electron chi connectivity index (χ4n) is 3.70. The Morgan fingerprint density at radius 2 is 1.25 bits per heavy atom. The quantitative estimate of drug-likeness (QED) is 0.289. The number of hydrogen-bond donors (Lipinski definition) is 0. The van der Waals surface area contributed by atoms with E-state index in [9.17, 15) is 0 Å². The largest absolute Gasteiger partial charge is 0.205 e. The van der Waals surface area contributed by atoms with E-state index in [0.29, 0.717) is 0 Å². The van der Waals surface area contributed by atoms with Gasteiger partial charge in [-0.05, 0) is 31.4 Å². The molecule has 0 saturated heterocycles. The lowest BCUT2D eigenvalue weighted by Crippen LogP contribution is -2.32. The molecule has 1 heterocycles. The summed E-state index contributed by atoms with van der Waals surface area (Å²) < 4.78 is 2.30. The molecule has 0 aliphatic heterocycles. The molecule has 136 valence electrons. The summed E-state index contributed by atoms with van der Waals surface area (Å²) in [4.78, 5) is 0. The van der Waals surface area contributed by atoms with Crippen LogP contribution >= 0.6 is 11.8 Å². The van der Waals surface area contributed by atoms with Crippen molar-refractivity contribution in [1.29, 1.82) is 0 Å². The average Bonchev–Trinajstić information content (AvgIpc) is 2.64. The summed E-state index contributed by atoms with van der Waals surface area (Å²) >= 11 is 2.27. The van der Waals surface area contributed by atoms with Gasteiger partial charge in [-0.25, -0.2) is 4.57 Å². The van der Waals surface area contributed by atoms with Crippen LogP contribution in [0.5, 0.6) is 0 Å². The Labute approximate surface area is 154 Å². The third-order valence-corrected chi connectivity index (χ3v) is 6.71. The number of nitrogens with zero attached hydrogens (tertiary/aromatic N) is 1. The van der Waals surface area contributed by atoms with E-state index >= 15 is 0 Å². The van der Waals surface area contributed by atoms with Gasteiger partial charge < -0.3 is 0 Å². The molecule has 0 bridgehead atoms. The monoisotopic (exact) mass is 348 g/mol. The molecule has 0 spiro atoms. The molecule has 0 radical (unpaired) electrons. The minimum absolute atomic E-state index is 1.01. The third kappa shape index (κ3) is 9.71. The Morgan fingerprint density at radius 3 is 1.92 bits per heavy atom. The molecule has 1 aliphatic rings. The van der Waals surface area contributed by atoms with Gasteiger partial charge in [0, 0.05) is 23.8 Å². The zero-order chi connectivity index (χ0) is 16.7. The second-order valence-electron chi connectivity index (χ2n) is 7.43. The first kappa shape index (κ1) is 19.8. The van der Waals surface area contributed by atoms with Crippen molar-refractivity contribution in [3.8, 4) is 0 Å². The summed E-state index contributed by atoms with van der Waals surface area (Å²) in [6.45, 7) is 1.18. The maximum absolute atomic E-state index is 2.30. The average molecular weight is 349 g/mol. The first-order chi connectivity index (χ1) is 11.9. The molecule has 0 atom stereocenters. The molecule has 1 nitrogen and oxygen atoms in total. The lowest BCUT2D eigenvalue weighted by Gasteiger charge is -2.20. The second kappa shape index (κ2) is 13.8. The Morgan fingerprint density at radius 1 is 0.667 bits per heavy atom. The molecule has 2 rings (SSSR count). The van der Waals surface area contributed by atoms with Crippen LogP contribution in [0.1, 0.15) is 89.9 Å². The van der Waals surface area contributed by atoms with Crippen molar-refractivity contribution < 1.29 is 4.57 Å². The molecule has 1 fully saturated rings. The van der Waals surface area contributed by atoms with E-state index in [1.165, 1.54) is 102 Å². The van der Waals surface area contributed by atoms with Crippen LogP contribution in [-0.4, -0.2) is 11.0 Å². The first-order valence-corrected chi connectivity index (χ1v) is 11.6. The Kier molecular flexibility index (Phi) is 11.4. The number of aryl methyl sites for hydroxylation is 1. The number of thioether (sulfide) groups is 1. The van der Waals surface area contributed by atoms with Gasteiger partial charge in [-0.1, -0.05) is 63.9 Å². The summed E-state index contributed by atoms with van der Waals surface area (Å²) in [5.41, 5.74) is 0. The lowest BCUT2D eigenvalue weighted by molar-refractivity contribution is -0.697. The van der Waals surface area contributed by atoms with Gasteiger partial charge in [0.1, 0.15) is 6.54 Å². The van der Waals surface area contributed by atoms with Crippen molar-refractivity contribution in [3.05, 3.63) is 30.6 Å². The summed E-state index contributed by atoms with van der Waals surface area (Å²) in [6.07, 6.45) is 24.7. The molecule has 0 aromatic carbocycles. The summed E-state index contributed by atoms with van der Waals surface area (Å²) in [5.74, 6) is 1.42. The number of hydrogen-bond acceptors (Lipinski definition) is 1. The molecule has 1 aromatic rings. The summed E-state index contributed by atoms with van der Waals surface area (Å²) in [6, 6.07) is 6.33. The van der Waals surface area contributed by atoms with E-state index in [1.807, 2.05) is 0 Å². The van der Waals surface area contributed by atoms with Crippen LogP contribution in [0.2, 0.25) is 0 Å². The second-order valence-corrected chi connectivity index (χ2v) is 8.83. The van der Waals surface area contributed by atoms with Gasteiger partial charge in [-0.15, -0.1) is 0 Å². The van der Waals surface area contributed by atoms with Crippen molar-refractivity contribution in [3.63, 3.8) is 0 Å². The number of unbranched alkanes of at least 4 members (excludes halogenated alkanes) is 8. The molecule has 0 unspecified atom stereocenters. The Bertz CT molecular complexity index is 386. The van der Waals surface area contributed by atoms with Crippen LogP contribution in [0, 0.1) is 0 Å². The number of aromatic nitrogens is 1. The fourth-order valence-corrected chi connectivity index (χ4v) is 5.07. The van der Waals surface area contributed by atoms with Crippen molar-refractivity contribution in [1.82, 2.24) is 0 Å². The normalized spacial score (nSPS) is 15.7. The summed E-state index contributed by atoms with van der Waals surface area (Å²) in [5, 5.41) is 1.01. The SMILES string of the molecule is c1cc[n+](CCCCCCCCCCCSC2CCCCC2)cc1. The highest BCUT2D eigenvalue weighted by atomic mass is 32.2. The highest BCUT2D eigenvalue weighted by molar-refractivity contribution is 7.99. The maximum atomic E-state index is 2.30. The topological polar surface area (TPSA) is 3.88 Å². The van der Waals surface area contributed by atoms with E-state index in [0.717, 1.165) is 5.25 Å². The summed E-state index contributed by atoms with van der Waals surface area (Å²) in [7, 11) is 0. The van der Waals surface area contributed by atoms with Gasteiger partial charge in [0.25, 0.3) is 0 Å².